The van der Waals surface area contributed by atoms with Gasteiger partial charge in [-0.05, 0) is 55.7 Å². The molecule has 2 aliphatic carbocycles. The molecule has 2 bridgehead atoms. The normalized spacial score (nSPS) is 22.2. The molecular formula is C23H33IN6O. The second kappa shape index (κ2) is 10.5. The van der Waals surface area contributed by atoms with Crippen LogP contribution in [0.5, 0.6) is 0 Å². The molecular weight excluding hydrogens is 503 g/mol. The molecule has 1 aromatic heterocycles. The molecule has 2 fully saturated rings. The van der Waals surface area contributed by atoms with Crippen molar-refractivity contribution in [3.05, 3.63) is 47.8 Å². The van der Waals surface area contributed by atoms with Crippen LogP contribution in [0.3, 0.4) is 0 Å². The van der Waals surface area contributed by atoms with Crippen LogP contribution in [0.25, 0.3) is 5.69 Å². The number of aromatic nitrogens is 2. The Bertz CT molecular complexity index is 924. The first kappa shape index (κ1) is 23.6. The highest BCUT2D eigenvalue weighted by Crippen LogP contribution is 2.44. The quantitative estimate of drug-likeness (QED) is 0.338. The summed E-state index contributed by atoms with van der Waals surface area (Å²) in [6.07, 6.45) is 7.16. The van der Waals surface area contributed by atoms with Crippen LogP contribution in [-0.4, -0.2) is 53.2 Å². The molecule has 2 aliphatic rings. The van der Waals surface area contributed by atoms with Crippen molar-refractivity contribution >= 4 is 35.8 Å². The summed E-state index contributed by atoms with van der Waals surface area (Å²) in [5.41, 5.74) is 3.10. The minimum absolute atomic E-state index is 0. The van der Waals surface area contributed by atoms with Crippen LogP contribution in [0, 0.1) is 18.8 Å². The Balaban J connectivity index is 0.00000272. The highest BCUT2D eigenvalue weighted by atomic mass is 127. The zero-order valence-electron chi connectivity index (χ0n) is 18.5. The number of fused-ring (bicyclic) bond motifs is 2. The lowest BCUT2D eigenvalue weighted by molar-refractivity contribution is -0.127. The van der Waals surface area contributed by atoms with E-state index in [9.17, 15) is 4.79 Å². The monoisotopic (exact) mass is 536 g/mol. The van der Waals surface area contributed by atoms with Gasteiger partial charge in [-0.3, -0.25) is 4.79 Å². The zero-order valence-corrected chi connectivity index (χ0v) is 20.9. The number of carbonyl (C=O) groups is 1. The number of benzene rings is 1. The Kier molecular flexibility index (Phi) is 7.96. The van der Waals surface area contributed by atoms with E-state index in [1.807, 2.05) is 36.0 Å². The molecule has 8 heteroatoms. The summed E-state index contributed by atoms with van der Waals surface area (Å²) in [5, 5.41) is 11.4. The van der Waals surface area contributed by atoms with Gasteiger partial charge in [-0.2, -0.15) is 5.10 Å². The average Bonchev–Trinajstić information content (AvgIpc) is 3.47. The molecule has 1 amide bonds. The van der Waals surface area contributed by atoms with Crippen molar-refractivity contribution < 1.29 is 4.79 Å². The summed E-state index contributed by atoms with van der Waals surface area (Å²) < 4.78 is 1.90. The third kappa shape index (κ3) is 5.78. The lowest BCUT2D eigenvalue weighted by Crippen LogP contribution is -2.48. The van der Waals surface area contributed by atoms with E-state index in [-0.39, 0.29) is 36.4 Å². The first-order chi connectivity index (χ1) is 14.5. The van der Waals surface area contributed by atoms with Crippen LogP contribution in [0.2, 0.25) is 0 Å². The van der Waals surface area contributed by atoms with Gasteiger partial charge >= 0.3 is 0 Å². The Morgan fingerprint density at radius 2 is 2.03 bits per heavy atom. The van der Waals surface area contributed by atoms with E-state index in [0.29, 0.717) is 18.5 Å². The molecule has 1 aromatic carbocycles. The summed E-state index contributed by atoms with van der Waals surface area (Å²) >= 11 is 0. The second-order valence-electron chi connectivity index (χ2n) is 8.76. The predicted octanol–water partition coefficient (Wildman–Crippen LogP) is 3.11. The molecule has 2 aromatic rings. The lowest BCUT2D eigenvalue weighted by Gasteiger charge is -2.25. The number of likely N-dealkylation sites (N-methyl/N-ethyl adjacent to an activating group) is 1. The Labute approximate surface area is 201 Å². The maximum absolute atomic E-state index is 12.1. The minimum atomic E-state index is 0. The van der Waals surface area contributed by atoms with E-state index in [1.165, 1.54) is 25.7 Å². The maximum atomic E-state index is 12.1. The van der Waals surface area contributed by atoms with Gasteiger partial charge in [-0.15, -0.1) is 24.0 Å². The molecule has 168 valence electrons. The summed E-state index contributed by atoms with van der Waals surface area (Å²) in [6, 6.07) is 10.6. The second-order valence-corrected chi connectivity index (χ2v) is 8.76. The van der Waals surface area contributed by atoms with Crippen LogP contribution < -0.4 is 10.6 Å². The minimum Gasteiger partial charge on any atom is -0.353 e. The largest absolute Gasteiger partial charge is 0.353 e. The standard InChI is InChI=1S/C23H32N6O.HI/c1-16-10-11-29(27-16)21-7-5-4-6-19(21)14-24-23(25-15-22(30)28(2)3)26-20-13-17-8-9-18(20)12-17;/h4-7,10-11,17-18,20H,8-9,12-15H2,1-3H3,(H2,24,25,26);1H. The molecule has 0 spiro atoms. The highest BCUT2D eigenvalue weighted by molar-refractivity contribution is 14.0. The average molecular weight is 536 g/mol. The number of para-hydroxylation sites is 1. The number of carbonyl (C=O) groups excluding carboxylic acids is 1. The van der Waals surface area contributed by atoms with Crippen molar-refractivity contribution in [1.29, 1.82) is 0 Å². The summed E-state index contributed by atoms with van der Waals surface area (Å²) in [5.74, 6) is 2.32. The van der Waals surface area contributed by atoms with E-state index in [0.717, 1.165) is 28.8 Å². The first-order valence-electron chi connectivity index (χ1n) is 10.8. The van der Waals surface area contributed by atoms with Crippen LogP contribution >= 0.6 is 24.0 Å². The lowest BCUT2D eigenvalue weighted by atomic mass is 9.95. The van der Waals surface area contributed by atoms with E-state index in [1.54, 1.807) is 19.0 Å². The van der Waals surface area contributed by atoms with Gasteiger partial charge in [0, 0.05) is 26.3 Å². The van der Waals surface area contributed by atoms with Gasteiger partial charge in [0.2, 0.25) is 5.91 Å². The van der Waals surface area contributed by atoms with Crippen molar-refractivity contribution in [2.75, 3.05) is 20.6 Å². The Morgan fingerprint density at radius 3 is 2.68 bits per heavy atom. The molecule has 1 heterocycles. The molecule has 3 unspecified atom stereocenters. The number of hydrogen-bond donors (Lipinski definition) is 2. The molecule has 2 N–H and O–H groups in total. The number of aliphatic imine (C=N–C) groups is 1. The van der Waals surface area contributed by atoms with Gasteiger partial charge in [0.15, 0.2) is 5.96 Å². The number of hydrogen-bond acceptors (Lipinski definition) is 3. The van der Waals surface area contributed by atoms with Crippen molar-refractivity contribution in [3.8, 4) is 5.69 Å². The van der Waals surface area contributed by atoms with Crippen LogP contribution in [0.1, 0.15) is 36.9 Å². The molecule has 0 aliphatic heterocycles. The number of aryl methyl sites for hydroxylation is 1. The van der Waals surface area contributed by atoms with Gasteiger partial charge in [0.25, 0.3) is 0 Å². The van der Waals surface area contributed by atoms with Gasteiger partial charge in [-0.25, -0.2) is 9.67 Å². The molecule has 7 nitrogen and oxygen atoms in total. The highest BCUT2D eigenvalue weighted by Gasteiger charge is 2.39. The zero-order chi connectivity index (χ0) is 21.1. The van der Waals surface area contributed by atoms with E-state index >= 15 is 0 Å². The third-order valence-electron chi connectivity index (χ3n) is 6.33. The number of rotatable bonds is 6. The van der Waals surface area contributed by atoms with E-state index < -0.39 is 0 Å². The van der Waals surface area contributed by atoms with Crippen LogP contribution in [0.4, 0.5) is 0 Å². The van der Waals surface area contributed by atoms with Gasteiger partial charge in [0.1, 0.15) is 0 Å². The molecule has 3 atom stereocenters. The topological polar surface area (TPSA) is 74.6 Å². The number of amides is 1. The molecule has 31 heavy (non-hydrogen) atoms. The van der Waals surface area contributed by atoms with Crippen molar-refractivity contribution in [2.24, 2.45) is 16.8 Å². The SMILES string of the molecule is Cc1ccn(-c2ccccc2CN=C(NCC(=O)N(C)C)NC2CC3CCC2C3)n1.I. The maximum Gasteiger partial charge on any atom is 0.241 e. The number of nitrogens with zero attached hydrogens (tertiary/aromatic N) is 4. The Hall–Kier alpha value is -2.10. The van der Waals surface area contributed by atoms with Gasteiger partial charge in [0.05, 0.1) is 24.5 Å². The first-order valence-corrected chi connectivity index (χ1v) is 10.8. The van der Waals surface area contributed by atoms with Crippen molar-refractivity contribution in [1.82, 2.24) is 25.3 Å². The summed E-state index contributed by atoms with van der Waals surface area (Å²) in [4.78, 5) is 18.5. The summed E-state index contributed by atoms with van der Waals surface area (Å²) in [6.45, 7) is 2.74. The smallest absolute Gasteiger partial charge is 0.241 e. The fraction of sp³-hybridized carbons (Fsp3) is 0.522. The molecule has 2 saturated carbocycles. The third-order valence-corrected chi connectivity index (χ3v) is 6.33. The number of nitrogens with one attached hydrogen (secondary N) is 2. The number of halogens is 1. The van der Waals surface area contributed by atoms with Crippen LogP contribution in [-0.2, 0) is 11.3 Å². The molecule has 0 radical (unpaired) electrons. The molecule has 0 saturated heterocycles. The van der Waals surface area contributed by atoms with Gasteiger partial charge in [-0.1, -0.05) is 24.6 Å². The fourth-order valence-electron chi connectivity index (χ4n) is 4.65. The summed E-state index contributed by atoms with van der Waals surface area (Å²) in [7, 11) is 3.54. The fourth-order valence-corrected chi connectivity index (χ4v) is 4.65. The molecule has 4 rings (SSSR count). The van der Waals surface area contributed by atoms with Gasteiger partial charge < -0.3 is 15.5 Å². The number of guanidine groups is 1. The van der Waals surface area contributed by atoms with E-state index in [2.05, 4.69) is 27.9 Å². The van der Waals surface area contributed by atoms with E-state index in [4.69, 9.17) is 4.99 Å². The van der Waals surface area contributed by atoms with Crippen LogP contribution in [0.15, 0.2) is 41.5 Å². The van der Waals surface area contributed by atoms with Crippen molar-refractivity contribution in [3.63, 3.8) is 0 Å². The Morgan fingerprint density at radius 1 is 1.23 bits per heavy atom. The van der Waals surface area contributed by atoms with Crippen molar-refractivity contribution in [2.45, 2.75) is 45.2 Å². The predicted molar refractivity (Wildman–Crippen MR) is 134 cm³/mol.